The first-order valence-corrected chi connectivity index (χ1v) is 9.46. The molecule has 0 bridgehead atoms. The highest BCUT2D eigenvalue weighted by Crippen LogP contribution is 2.20. The van der Waals surface area contributed by atoms with Gasteiger partial charge in [-0.15, -0.1) is 0 Å². The van der Waals surface area contributed by atoms with Crippen LogP contribution in [-0.4, -0.2) is 40.0 Å². The molecule has 3 aromatic rings. The molecule has 2 aromatic carbocycles. The van der Waals surface area contributed by atoms with Crippen LogP contribution in [0.3, 0.4) is 0 Å². The Kier molecular flexibility index (Phi) is 5.21. The SMILES string of the molecule is O=C(Cc1ccc(Cl)cc1)N1CCC(Oc2cnc3ccccc3n2)CC1. The van der Waals surface area contributed by atoms with Crippen molar-refractivity contribution >= 4 is 28.5 Å². The van der Waals surface area contributed by atoms with E-state index in [4.69, 9.17) is 16.3 Å². The number of aromatic nitrogens is 2. The molecule has 0 radical (unpaired) electrons. The summed E-state index contributed by atoms with van der Waals surface area (Å²) in [6.07, 6.45) is 3.71. The fourth-order valence-electron chi connectivity index (χ4n) is 3.28. The Morgan fingerprint density at radius 1 is 1.07 bits per heavy atom. The van der Waals surface area contributed by atoms with E-state index in [0.29, 0.717) is 30.4 Å². The maximum atomic E-state index is 12.5. The Bertz CT molecular complexity index is 938. The number of piperidine rings is 1. The molecule has 5 nitrogen and oxygen atoms in total. The first kappa shape index (κ1) is 17.7. The van der Waals surface area contributed by atoms with Gasteiger partial charge in [0.05, 0.1) is 23.7 Å². The number of ether oxygens (including phenoxy) is 1. The van der Waals surface area contributed by atoms with Crippen LogP contribution in [0.15, 0.2) is 54.7 Å². The Morgan fingerprint density at radius 3 is 2.52 bits per heavy atom. The van der Waals surface area contributed by atoms with E-state index in [2.05, 4.69) is 9.97 Å². The Hall–Kier alpha value is -2.66. The normalized spacial score (nSPS) is 15.1. The molecule has 1 aliphatic rings. The maximum absolute atomic E-state index is 12.5. The third-order valence-corrected chi connectivity index (χ3v) is 5.03. The van der Waals surface area contributed by atoms with Crippen molar-refractivity contribution in [1.29, 1.82) is 0 Å². The molecule has 1 aromatic heterocycles. The second-order valence-electron chi connectivity index (χ2n) is 6.70. The van der Waals surface area contributed by atoms with Crippen LogP contribution < -0.4 is 4.74 Å². The molecule has 0 unspecified atom stereocenters. The summed E-state index contributed by atoms with van der Waals surface area (Å²) in [7, 11) is 0. The largest absolute Gasteiger partial charge is 0.473 e. The molecule has 1 amide bonds. The lowest BCUT2D eigenvalue weighted by Crippen LogP contribution is -2.42. The molecule has 1 fully saturated rings. The van der Waals surface area contributed by atoms with Crippen LogP contribution in [0, 0.1) is 0 Å². The summed E-state index contributed by atoms with van der Waals surface area (Å²) in [4.78, 5) is 23.3. The van der Waals surface area contributed by atoms with Crippen molar-refractivity contribution in [2.75, 3.05) is 13.1 Å². The van der Waals surface area contributed by atoms with Crippen LogP contribution in [-0.2, 0) is 11.2 Å². The van der Waals surface area contributed by atoms with Gasteiger partial charge >= 0.3 is 0 Å². The monoisotopic (exact) mass is 381 g/mol. The number of benzene rings is 2. The lowest BCUT2D eigenvalue weighted by molar-refractivity contribution is -0.132. The van der Waals surface area contributed by atoms with Crippen LogP contribution >= 0.6 is 11.6 Å². The number of para-hydroxylation sites is 2. The zero-order valence-corrected chi connectivity index (χ0v) is 15.6. The van der Waals surface area contributed by atoms with Gasteiger partial charge < -0.3 is 9.64 Å². The van der Waals surface area contributed by atoms with Crippen LogP contribution in [0.1, 0.15) is 18.4 Å². The molecular weight excluding hydrogens is 362 g/mol. The van der Waals surface area contributed by atoms with Crippen molar-refractivity contribution in [2.24, 2.45) is 0 Å². The van der Waals surface area contributed by atoms with Gasteiger partial charge in [0, 0.05) is 31.0 Å². The lowest BCUT2D eigenvalue weighted by atomic mass is 10.1. The number of nitrogens with zero attached hydrogens (tertiary/aromatic N) is 3. The molecule has 2 heterocycles. The van der Waals surface area contributed by atoms with Crippen LogP contribution in [0.5, 0.6) is 5.88 Å². The summed E-state index contributed by atoms with van der Waals surface area (Å²) in [5.41, 5.74) is 2.66. The summed E-state index contributed by atoms with van der Waals surface area (Å²) < 4.78 is 6.00. The quantitative estimate of drug-likeness (QED) is 0.687. The van der Waals surface area contributed by atoms with Gasteiger partial charge in [-0.05, 0) is 29.8 Å². The predicted molar refractivity (Wildman–Crippen MR) is 105 cm³/mol. The van der Waals surface area contributed by atoms with E-state index >= 15 is 0 Å². The second kappa shape index (κ2) is 7.92. The molecule has 0 saturated carbocycles. The van der Waals surface area contributed by atoms with Crippen molar-refractivity contribution in [3.05, 3.63) is 65.3 Å². The number of amides is 1. The van der Waals surface area contributed by atoms with Crippen LogP contribution in [0.4, 0.5) is 0 Å². The second-order valence-corrected chi connectivity index (χ2v) is 7.13. The minimum absolute atomic E-state index is 0.0556. The Balaban J connectivity index is 1.31. The van der Waals surface area contributed by atoms with Gasteiger partial charge in [-0.25, -0.2) is 9.97 Å². The van der Waals surface area contributed by atoms with E-state index in [-0.39, 0.29) is 12.0 Å². The number of likely N-dealkylation sites (tertiary alicyclic amines) is 1. The van der Waals surface area contributed by atoms with Crippen molar-refractivity contribution in [3.63, 3.8) is 0 Å². The van der Waals surface area contributed by atoms with Gasteiger partial charge in [-0.1, -0.05) is 35.9 Å². The van der Waals surface area contributed by atoms with E-state index in [1.54, 1.807) is 6.20 Å². The highest BCUT2D eigenvalue weighted by Gasteiger charge is 2.24. The molecule has 138 valence electrons. The molecule has 0 N–H and O–H groups in total. The van der Waals surface area contributed by atoms with Crippen molar-refractivity contribution in [3.8, 4) is 5.88 Å². The molecule has 4 rings (SSSR count). The van der Waals surface area contributed by atoms with Crippen LogP contribution in [0.25, 0.3) is 11.0 Å². The van der Waals surface area contributed by atoms with E-state index in [1.165, 1.54) is 0 Å². The summed E-state index contributed by atoms with van der Waals surface area (Å²) >= 11 is 5.89. The third kappa shape index (κ3) is 4.37. The highest BCUT2D eigenvalue weighted by atomic mass is 35.5. The summed E-state index contributed by atoms with van der Waals surface area (Å²) in [6.45, 7) is 1.39. The number of rotatable bonds is 4. The molecule has 6 heteroatoms. The first-order chi connectivity index (χ1) is 13.2. The number of hydrogen-bond acceptors (Lipinski definition) is 4. The van der Waals surface area contributed by atoms with Crippen molar-refractivity contribution in [2.45, 2.75) is 25.4 Å². The smallest absolute Gasteiger partial charge is 0.233 e. The predicted octanol–water partition coefficient (Wildman–Crippen LogP) is 3.90. The van der Waals surface area contributed by atoms with Gasteiger partial charge in [0.1, 0.15) is 6.10 Å². The van der Waals surface area contributed by atoms with Gasteiger partial charge in [0.15, 0.2) is 0 Å². The molecule has 0 aliphatic carbocycles. The summed E-state index contributed by atoms with van der Waals surface area (Å²) in [6, 6.07) is 15.1. The molecule has 1 aliphatic heterocycles. The minimum Gasteiger partial charge on any atom is -0.473 e. The number of carbonyl (C=O) groups excluding carboxylic acids is 1. The maximum Gasteiger partial charge on any atom is 0.233 e. The van der Waals surface area contributed by atoms with Crippen molar-refractivity contribution < 1.29 is 9.53 Å². The third-order valence-electron chi connectivity index (χ3n) is 4.78. The number of carbonyl (C=O) groups is 1. The fraction of sp³-hybridized carbons (Fsp3) is 0.286. The standard InChI is InChI=1S/C21H20ClN3O2/c22-16-7-5-15(6-8-16)13-21(26)25-11-9-17(10-12-25)27-20-14-23-18-3-1-2-4-19(18)24-20/h1-8,14,17H,9-13H2. The average Bonchev–Trinajstić information content (AvgIpc) is 2.70. The molecule has 27 heavy (non-hydrogen) atoms. The molecule has 1 saturated heterocycles. The van der Waals surface area contributed by atoms with Gasteiger partial charge in [-0.2, -0.15) is 0 Å². The number of fused-ring (bicyclic) bond motifs is 1. The van der Waals surface area contributed by atoms with Gasteiger partial charge in [-0.3, -0.25) is 4.79 Å². The zero-order chi connectivity index (χ0) is 18.6. The van der Waals surface area contributed by atoms with Gasteiger partial charge in [0.25, 0.3) is 0 Å². The minimum atomic E-state index is 0.0556. The van der Waals surface area contributed by atoms with E-state index in [0.717, 1.165) is 29.4 Å². The lowest BCUT2D eigenvalue weighted by Gasteiger charge is -2.32. The van der Waals surface area contributed by atoms with E-state index in [9.17, 15) is 4.79 Å². The topological polar surface area (TPSA) is 55.3 Å². The molecular formula is C21H20ClN3O2. The number of hydrogen-bond donors (Lipinski definition) is 0. The summed E-state index contributed by atoms with van der Waals surface area (Å²) in [5.74, 6) is 0.681. The molecule has 0 atom stereocenters. The van der Waals surface area contributed by atoms with Crippen LogP contribution in [0.2, 0.25) is 5.02 Å². The highest BCUT2D eigenvalue weighted by molar-refractivity contribution is 6.30. The van der Waals surface area contributed by atoms with E-state index < -0.39 is 0 Å². The Morgan fingerprint density at radius 2 is 1.78 bits per heavy atom. The number of halogens is 1. The van der Waals surface area contributed by atoms with Crippen molar-refractivity contribution in [1.82, 2.24) is 14.9 Å². The van der Waals surface area contributed by atoms with E-state index in [1.807, 2.05) is 53.4 Å². The first-order valence-electron chi connectivity index (χ1n) is 9.08. The molecule has 0 spiro atoms. The average molecular weight is 382 g/mol. The zero-order valence-electron chi connectivity index (χ0n) is 14.8. The fourth-order valence-corrected chi connectivity index (χ4v) is 3.41. The summed E-state index contributed by atoms with van der Waals surface area (Å²) in [5, 5.41) is 0.681. The van der Waals surface area contributed by atoms with Gasteiger partial charge in [0.2, 0.25) is 11.8 Å². The Labute approximate surface area is 162 Å².